The fraction of sp³-hybridized carbons (Fsp3) is 0.333. The molecule has 0 saturated heterocycles. The van der Waals surface area contributed by atoms with Gasteiger partial charge in [0.05, 0.1) is 34.1 Å². The first-order valence-electron chi connectivity index (χ1n) is 7.38. The van der Waals surface area contributed by atoms with Crippen LogP contribution >= 0.6 is 0 Å². The Balaban J connectivity index is 2.07. The molecule has 0 heterocycles. The van der Waals surface area contributed by atoms with E-state index >= 15 is 0 Å². The third kappa shape index (κ3) is 4.22. The van der Waals surface area contributed by atoms with E-state index in [1.165, 1.54) is 5.56 Å². The van der Waals surface area contributed by atoms with Crippen LogP contribution in [-0.2, 0) is 6.42 Å². The summed E-state index contributed by atoms with van der Waals surface area (Å²) < 4.78 is 21.3. The molecule has 0 saturated carbocycles. The number of anilines is 1. The second kappa shape index (κ2) is 8.17. The first kappa shape index (κ1) is 16.8. The van der Waals surface area contributed by atoms with Gasteiger partial charge in [0.2, 0.25) is 0 Å². The predicted octanol–water partition coefficient (Wildman–Crippen LogP) is 3.38. The van der Waals surface area contributed by atoms with E-state index < -0.39 is 0 Å². The number of nitrogens with one attached hydrogen (secondary N) is 1. The van der Waals surface area contributed by atoms with E-state index in [2.05, 4.69) is 11.4 Å². The predicted molar refractivity (Wildman–Crippen MR) is 91.3 cm³/mol. The summed E-state index contributed by atoms with van der Waals surface area (Å²) in [6, 6.07) is 11.7. The van der Waals surface area contributed by atoms with Crippen LogP contribution in [-0.4, -0.2) is 35.0 Å². The van der Waals surface area contributed by atoms with Gasteiger partial charge in [-0.1, -0.05) is 12.1 Å². The van der Waals surface area contributed by atoms with Gasteiger partial charge in [-0.2, -0.15) is 0 Å². The number of ether oxygens (including phenoxy) is 4. The smallest absolute Gasteiger partial charge is 0.164 e. The third-order valence-corrected chi connectivity index (χ3v) is 3.57. The molecule has 0 atom stereocenters. The van der Waals surface area contributed by atoms with Gasteiger partial charge in [-0.25, -0.2) is 0 Å². The normalized spacial score (nSPS) is 10.1. The molecule has 0 amide bonds. The molecule has 0 aromatic heterocycles. The van der Waals surface area contributed by atoms with Crippen LogP contribution in [0.3, 0.4) is 0 Å². The number of hydrogen-bond acceptors (Lipinski definition) is 5. The number of methoxy groups -OCH3 is 4. The summed E-state index contributed by atoms with van der Waals surface area (Å²) in [4.78, 5) is 0. The fourth-order valence-electron chi connectivity index (χ4n) is 2.34. The lowest BCUT2D eigenvalue weighted by Gasteiger charge is -2.15. The van der Waals surface area contributed by atoms with E-state index in [4.69, 9.17) is 18.9 Å². The molecule has 2 aromatic rings. The Labute approximate surface area is 137 Å². The summed E-state index contributed by atoms with van der Waals surface area (Å²) in [7, 11) is 6.53. The molecule has 0 aliphatic heterocycles. The lowest BCUT2D eigenvalue weighted by atomic mass is 10.1. The van der Waals surface area contributed by atoms with Gasteiger partial charge >= 0.3 is 0 Å². The maximum atomic E-state index is 5.41. The Hall–Kier alpha value is -2.56. The molecule has 1 N–H and O–H groups in total. The summed E-state index contributed by atoms with van der Waals surface area (Å²) in [6.07, 6.45) is 0.870. The molecular formula is C18H23NO4. The van der Waals surface area contributed by atoms with Gasteiger partial charge in [0, 0.05) is 18.7 Å². The highest BCUT2D eigenvalue weighted by molar-refractivity contribution is 5.64. The average Bonchev–Trinajstić information content (AvgIpc) is 2.61. The second-order valence-electron chi connectivity index (χ2n) is 4.94. The molecule has 0 aliphatic carbocycles. The fourth-order valence-corrected chi connectivity index (χ4v) is 2.34. The Bertz CT molecular complexity index is 643. The molecule has 0 bridgehead atoms. The van der Waals surface area contributed by atoms with Crippen molar-refractivity contribution in [2.75, 3.05) is 40.3 Å². The van der Waals surface area contributed by atoms with Crippen molar-refractivity contribution in [3.63, 3.8) is 0 Å². The van der Waals surface area contributed by atoms with Crippen molar-refractivity contribution < 1.29 is 18.9 Å². The first-order valence-corrected chi connectivity index (χ1v) is 7.38. The third-order valence-electron chi connectivity index (χ3n) is 3.57. The first-order chi connectivity index (χ1) is 11.2. The highest BCUT2D eigenvalue weighted by atomic mass is 16.5. The van der Waals surface area contributed by atoms with Crippen LogP contribution in [0, 0.1) is 0 Å². The lowest BCUT2D eigenvalue weighted by Crippen LogP contribution is -2.07. The zero-order valence-electron chi connectivity index (χ0n) is 14.0. The largest absolute Gasteiger partial charge is 0.497 e. The standard InChI is InChI=1S/C18H23NO4/c1-20-14-7-5-6-13(10-14)8-9-19-15-11-17(22-3)18(23-4)12-16(15)21-2/h5-7,10-12,19H,8-9H2,1-4H3. The maximum absolute atomic E-state index is 5.41. The van der Waals surface area contributed by atoms with Gasteiger partial charge in [0.1, 0.15) is 11.5 Å². The molecule has 5 nitrogen and oxygen atoms in total. The number of rotatable bonds is 8. The molecule has 124 valence electrons. The summed E-state index contributed by atoms with van der Waals surface area (Å²) in [5.74, 6) is 2.89. The molecule has 0 unspecified atom stereocenters. The Morgan fingerprint density at radius 1 is 0.783 bits per heavy atom. The van der Waals surface area contributed by atoms with Crippen LogP contribution in [0.5, 0.6) is 23.0 Å². The Morgan fingerprint density at radius 2 is 1.48 bits per heavy atom. The molecule has 0 radical (unpaired) electrons. The topological polar surface area (TPSA) is 49.0 Å². The summed E-state index contributed by atoms with van der Waals surface area (Å²) in [5, 5.41) is 3.37. The molecule has 0 spiro atoms. The van der Waals surface area contributed by atoms with Gasteiger partial charge in [-0.3, -0.25) is 0 Å². The van der Waals surface area contributed by atoms with E-state index in [1.54, 1.807) is 28.4 Å². The van der Waals surface area contributed by atoms with E-state index in [-0.39, 0.29) is 0 Å². The summed E-state index contributed by atoms with van der Waals surface area (Å²) in [6.45, 7) is 0.763. The molecule has 23 heavy (non-hydrogen) atoms. The maximum Gasteiger partial charge on any atom is 0.164 e. The van der Waals surface area contributed by atoms with Gasteiger partial charge in [-0.05, 0) is 24.1 Å². The monoisotopic (exact) mass is 317 g/mol. The van der Waals surface area contributed by atoms with Crippen molar-refractivity contribution in [1.29, 1.82) is 0 Å². The molecule has 5 heteroatoms. The van der Waals surface area contributed by atoms with Crippen LogP contribution in [0.15, 0.2) is 36.4 Å². The minimum atomic E-state index is 0.641. The van der Waals surface area contributed by atoms with E-state index in [9.17, 15) is 0 Å². The number of benzene rings is 2. The summed E-state index contributed by atoms with van der Waals surface area (Å²) in [5.41, 5.74) is 2.07. The Kier molecular flexibility index (Phi) is 5.97. The van der Waals surface area contributed by atoms with E-state index in [0.717, 1.165) is 24.4 Å². The zero-order valence-corrected chi connectivity index (χ0v) is 14.0. The van der Waals surface area contributed by atoms with Crippen LogP contribution in [0.4, 0.5) is 5.69 Å². The lowest BCUT2D eigenvalue weighted by molar-refractivity contribution is 0.349. The van der Waals surface area contributed by atoms with Crippen molar-refractivity contribution in [3.8, 4) is 23.0 Å². The van der Waals surface area contributed by atoms with Crippen molar-refractivity contribution >= 4 is 5.69 Å². The van der Waals surface area contributed by atoms with Crippen LogP contribution < -0.4 is 24.3 Å². The van der Waals surface area contributed by atoms with Crippen LogP contribution in [0.25, 0.3) is 0 Å². The van der Waals surface area contributed by atoms with Crippen LogP contribution in [0.2, 0.25) is 0 Å². The van der Waals surface area contributed by atoms with E-state index in [1.807, 2.05) is 30.3 Å². The van der Waals surface area contributed by atoms with Crippen molar-refractivity contribution in [1.82, 2.24) is 0 Å². The van der Waals surface area contributed by atoms with Crippen LogP contribution in [0.1, 0.15) is 5.56 Å². The van der Waals surface area contributed by atoms with Crippen molar-refractivity contribution in [2.45, 2.75) is 6.42 Å². The van der Waals surface area contributed by atoms with Gasteiger partial charge in [0.15, 0.2) is 11.5 Å². The Morgan fingerprint density at radius 3 is 2.13 bits per heavy atom. The van der Waals surface area contributed by atoms with Gasteiger partial charge < -0.3 is 24.3 Å². The molecular weight excluding hydrogens is 294 g/mol. The molecule has 0 fully saturated rings. The highest BCUT2D eigenvalue weighted by Crippen LogP contribution is 2.37. The van der Waals surface area contributed by atoms with Gasteiger partial charge in [-0.15, -0.1) is 0 Å². The average molecular weight is 317 g/mol. The minimum Gasteiger partial charge on any atom is -0.497 e. The summed E-state index contributed by atoms with van der Waals surface area (Å²) >= 11 is 0. The number of hydrogen-bond donors (Lipinski definition) is 1. The highest BCUT2D eigenvalue weighted by Gasteiger charge is 2.11. The second-order valence-corrected chi connectivity index (χ2v) is 4.94. The van der Waals surface area contributed by atoms with Crippen molar-refractivity contribution in [2.24, 2.45) is 0 Å². The minimum absolute atomic E-state index is 0.641. The quantitative estimate of drug-likeness (QED) is 0.809. The van der Waals surface area contributed by atoms with E-state index in [0.29, 0.717) is 17.2 Å². The van der Waals surface area contributed by atoms with Gasteiger partial charge in [0.25, 0.3) is 0 Å². The van der Waals surface area contributed by atoms with Crippen molar-refractivity contribution in [3.05, 3.63) is 42.0 Å². The molecule has 2 aromatic carbocycles. The molecule has 2 rings (SSSR count). The zero-order chi connectivity index (χ0) is 16.7. The SMILES string of the molecule is COc1cccc(CCNc2cc(OC)c(OC)cc2OC)c1. The molecule has 0 aliphatic rings.